The molecule has 0 aliphatic carbocycles. The van der Waals surface area contributed by atoms with Crippen LogP contribution in [0.1, 0.15) is 36.7 Å². The molecule has 0 radical (unpaired) electrons. The first kappa shape index (κ1) is 14.5. The molecule has 20 heavy (non-hydrogen) atoms. The fourth-order valence-corrected chi connectivity index (χ4v) is 1.99. The van der Waals surface area contributed by atoms with Crippen LogP contribution in [0.2, 0.25) is 0 Å². The van der Waals surface area contributed by atoms with Gasteiger partial charge in [-0.1, -0.05) is 29.8 Å². The summed E-state index contributed by atoms with van der Waals surface area (Å²) in [5, 5.41) is 3.87. The maximum atomic E-state index is 5.88. The number of aryl methyl sites for hydroxylation is 2. The Labute approximate surface area is 119 Å². The minimum absolute atomic E-state index is 0.0935. The van der Waals surface area contributed by atoms with Crippen molar-refractivity contribution in [2.24, 2.45) is 5.73 Å². The lowest BCUT2D eigenvalue weighted by Gasteiger charge is -2.13. The lowest BCUT2D eigenvalue weighted by molar-refractivity contribution is 0.282. The molecule has 1 atom stereocenters. The summed E-state index contributed by atoms with van der Waals surface area (Å²) in [6.45, 7) is 6.32. The summed E-state index contributed by atoms with van der Waals surface area (Å²) in [6, 6.07) is 6.18. The first-order chi connectivity index (χ1) is 9.58. The van der Waals surface area contributed by atoms with Gasteiger partial charge in [-0.3, -0.25) is 0 Å². The van der Waals surface area contributed by atoms with Gasteiger partial charge in [-0.2, -0.15) is 4.98 Å². The van der Waals surface area contributed by atoms with Crippen LogP contribution in [0.4, 0.5) is 0 Å². The van der Waals surface area contributed by atoms with Crippen LogP contribution in [-0.4, -0.2) is 16.2 Å². The molecule has 1 unspecified atom stereocenters. The molecule has 0 bridgehead atoms. The molecule has 2 rings (SSSR count). The van der Waals surface area contributed by atoms with Crippen LogP contribution in [0.3, 0.4) is 0 Å². The standard InChI is InChI=1S/C15H21N3O2/c1-4-15-17-14(18-20-15)9-19-13-6-5-10(2)7-12(13)8-11(3)16/h5-7,11H,4,8-9,16H2,1-3H3. The van der Waals surface area contributed by atoms with Crippen molar-refractivity contribution in [2.45, 2.75) is 46.3 Å². The number of ether oxygens (including phenoxy) is 1. The Balaban J connectivity index is 2.08. The van der Waals surface area contributed by atoms with E-state index < -0.39 is 0 Å². The summed E-state index contributed by atoms with van der Waals surface area (Å²) in [7, 11) is 0. The molecule has 1 aromatic heterocycles. The molecule has 108 valence electrons. The fraction of sp³-hybridized carbons (Fsp3) is 0.467. The summed E-state index contributed by atoms with van der Waals surface area (Å²) in [5.74, 6) is 2.02. The van der Waals surface area contributed by atoms with E-state index in [0.717, 1.165) is 24.2 Å². The molecule has 0 saturated heterocycles. The van der Waals surface area contributed by atoms with Gasteiger partial charge in [0.1, 0.15) is 5.75 Å². The predicted octanol–water partition coefficient (Wildman–Crippen LogP) is 2.41. The number of hydrogen-bond acceptors (Lipinski definition) is 5. The highest BCUT2D eigenvalue weighted by molar-refractivity contribution is 5.37. The van der Waals surface area contributed by atoms with Crippen LogP contribution >= 0.6 is 0 Å². The molecule has 2 aromatic rings. The monoisotopic (exact) mass is 275 g/mol. The molecule has 0 aliphatic rings. The predicted molar refractivity (Wildman–Crippen MR) is 76.5 cm³/mol. The van der Waals surface area contributed by atoms with Gasteiger partial charge in [-0.25, -0.2) is 0 Å². The van der Waals surface area contributed by atoms with Crippen LogP contribution in [0, 0.1) is 6.92 Å². The van der Waals surface area contributed by atoms with Gasteiger partial charge >= 0.3 is 0 Å². The number of benzene rings is 1. The molecule has 0 spiro atoms. The van der Waals surface area contributed by atoms with Crippen molar-refractivity contribution in [3.05, 3.63) is 41.0 Å². The largest absolute Gasteiger partial charge is 0.485 e. The number of nitrogens with two attached hydrogens (primary N) is 1. The fourth-order valence-electron chi connectivity index (χ4n) is 1.99. The molecule has 0 amide bonds. The van der Waals surface area contributed by atoms with Crippen molar-refractivity contribution >= 4 is 0 Å². The van der Waals surface area contributed by atoms with E-state index in [9.17, 15) is 0 Å². The van der Waals surface area contributed by atoms with Gasteiger partial charge in [0.15, 0.2) is 6.61 Å². The molecule has 5 nitrogen and oxygen atoms in total. The average molecular weight is 275 g/mol. The highest BCUT2D eigenvalue weighted by atomic mass is 16.5. The second kappa shape index (κ2) is 6.52. The maximum absolute atomic E-state index is 5.88. The number of hydrogen-bond donors (Lipinski definition) is 1. The average Bonchev–Trinajstić information content (AvgIpc) is 2.85. The molecule has 2 N–H and O–H groups in total. The highest BCUT2D eigenvalue weighted by Gasteiger charge is 2.09. The van der Waals surface area contributed by atoms with E-state index in [-0.39, 0.29) is 6.04 Å². The Hall–Kier alpha value is -1.88. The lowest BCUT2D eigenvalue weighted by Crippen LogP contribution is -2.18. The number of nitrogens with zero attached hydrogens (tertiary/aromatic N) is 2. The molecule has 0 aliphatic heterocycles. The normalized spacial score (nSPS) is 12.4. The van der Waals surface area contributed by atoms with E-state index >= 15 is 0 Å². The first-order valence-corrected chi connectivity index (χ1v) is 6.88. The third-order valence-electron chi connectivity index (χ3n) is 2.93. The summed E-state index contributed by atoms with van der Waals surface area (Å²) in [5.41, 5.74) is 8.18. The van der Waals surface area contributed by atoms with E-state index in [4.69, 9.17) is 15.0 Å². The van der Waals surface area contributed by atoms with Crippen LogP contribution in [0.15, 0.2) is 22.7 Å². The topological polar surface area (TPSA) is 74.2 Å². The third-order valence-corrected chi connectivity index (χ3v) is 2.93. The van der Waals surface area contributed by atoms with E-state index in [1.165, 1.54) is 5.56 Å². The van der Waals surface area contributed by atoms with Gasteiger partial charge in [0, 0.05) is 12.5 Å². The van der Waals surface area contributed by atoms with Gasteiger partial charge in [0.2, 0.25) is 11.7 Å². The zero-order valence-electron chi connectivity index (χ0n) is 12.2. The SMILES string of the molecule is CCc1nc(COc2ccc(C)cc2CC(C)N)no1. The Morgan fingerprint density at radius 1 is 1.40 bits per heavy atom. The van der Waals surface area contributed by atoms with Crippen LogP contribution in [0.5, 0.6) is 5.75 Å². The van der Waals surface area contributed by atoms with Crippen molar-refractivity contribution in [1.29, 1.82) is 0 Å². The van der Waals surface area contributed by atoms with Crippen LogP contribution < -0.4 is 10.5 Å². The summed E-state index contributed by atoms with van der Waals surface area (Å²) < 4.78 is 10.9. The molecule has 1 heterocycles. The second-order valence-corrected chi connectivity index (χ2v) is 5.04. The quantitative estimate of drug-likeness (QED) is 0.876. The Morgan fingerprint density at radius 3 is 2.85 bits per heavy atom. The van der Waals surface area contributed by atoms with Crippen molar-refractivity contribution in [2.75, 3.05) is 0 Å². The number of aromatic nitrogens is 2. The van der Waals surface area contributed by atoms with Gasteiger partial charge in [-0.15, -0.1) is 0 Å². The Morgan fingerprint density at radius 2 is 2.20 bits per heavy atom. The van der Waals surface area contributed by atoms with Crippen molar-refractivity contribution in [3.8, 4) is 5.75 Å². The van der Waals surface area contributed by atoms with Crippen molar-refractivity contribution in [3.63, 3.8) is 0 Å². The smallest absolute Gasteiger partial charge is 0.226 e. The molecule has 1 aromatic carbocycles. The van der Waals surface area contributed by atoms with Crippen LogP contribution in [-0.2, 0) is 19.4 Å². The highest BCUT2D eigenvalue weighted by Crippen LogP contribution is 2.22. The lowest BCUT2D eigenvalue weighted by atomic mass is 10.0. The minimum atomic E-state index is 0.0935. The first-order valence-electron chi connectivity index (χ1n) is 6.88. The number of rotatable bonds is 6. The van der Waals surface area contributed by atoms with E-state index in [0.29, 0.717) is 18.3 Å². The Bertz CT molecular complexity index is 564. The van der Waals surface area contributed by atoms with Gasteiger partial charge < -0.3 is 15.0 Å². The summed E-state index contributed by atoms with van der Waals surface area (Å²) in [4.78, 5) is 4.22. The summed E-state index contributed by atoms with van der Waals surface area (Å²) >= 11 is 0. The van der Waals surface area contributed by atoms with Gasteiger partial charge in [-0.05, 0) is 31.9 Å². The zero-order valence-corrected chi connectivity index (χ0v) is 12.2. The maximum Gasteiger partial charge on any atom is 0.226 e. The minimum Gasteiger partial charge on any atom is -0.485 e. The molecule has 0 saturated carbocycles. The second-order valence-electron chi connectivity index (χ2n) is 5.04. The van der Waals surface area contributed by atoms with Gasteiger partial charge in [0.05, 0.1) is 0 Å². The third kappa shape index (κ3) is 3.81. The Kier molecular flexibility index (Phi) is 4.74. The van der Waals surface area contributed by atoms with Crippen LogP contribution in [0.25, 0.3) is 0 Å². The zero-order chi connectivity index (χ0) is 14.5. The molecular weight excluding hydrogens is 254 g/mol. The van der Waals surface area contributed by atoms with E-state index in [1.807, 2.05) is 26.0 Å². The van der Waals surface area contributed by atoms with Gasteiger partial charge in [0.25, 0.3) is 0 Å². The van der Waals surface area contributed by atoms with E-state index in [2.05, 4.69) is 23.1 Å². The molecule has 0 fully saturated rings. The van der Waals surface area contributed by atoms with Crippen molar-refractivity contribution in [1.82, 2.24) is 10.1 Å². The molecular formula is C15H21N3O2. The van der Waals surface area contributed by atoms with Crippen molar-refractivity contribution < 1.29 is 9.26 Å². The summed E-state index contributed by atoms with van der Waals surface area (Å²) in [6.07, 6.45) is 1.51. The molecule has 5 heteroatoms. The van der Waals surface area contributed by atoms with E-state index in [1.54, 1.807) is 0 Å².